The maximum Gasteiger partial charge on any atom is 0.303 e. The summed E-state index contributed by atoms with van der Waals surface area (Å²) in [6, 6.07) is 8.60. The molecular weight excluding hydrogens is 362 g/mol. The minimum atomic E-state index is -0.706. The van der Waals surface area contributed by atoms with Crippen molar-refractivity contribution in [2.75, 3.05) is 19.6 Å². The number of carbonyl (C=O) groups is 1. The molecule has 3 rings (SSSR count). The van der Waals surface area contributed by atoms with Crippen molar-refractivity contribution in [1.82, 2.24) is 4.90 Å². The summed E-state index contributed by atoms with van der Waals surface area (Å²) in [4.78, 5) is 13.0. The molecule has 1 aromatic rings. The number of carboxylic acid groups (broad SMARTS) is 1. The molecule has 1 saturated carbocycles. The molecule has 0 radical (unpaired) electrons. The molecule has 160 valence electrons. The molecule has 4 heteroatoms. The minimum Gasteiger partial charge on any atom is -0.490 e. The Balaban J connectivity index is 1.46. The molecule has 0 saturated heterocycles. The quantitative estimate of drug-likeness (QED) is 0.646. The molecule has 4 nitrogen and oxygen atoms in total. The zero-order valence-corrected chi connectivity index (χ0v) is 18.3. The first-order chi connectivity index (χ1) is 13.8. The summed E-state index contributed by atoms with van der Waals surface area (Å²) in [5, 5.41) is 8.76. The van der Waals surface area contributed by atoms with Gasteiger partial charge in [0.25, 0.3) is 0 Å². The molecule has 1 aliphatic heterocycles. The van der Waals surface area contributed by atoms with Gasteiger partial charge in [-0.05, 0) is 79.7 Å². The fourth-order valence-electron chi connectivity index (χ4n) is 4.62. The van der Waals surface area contributed by atoms with Crippen molar-refractivity contribution in [3.63, 3.8) is 0 Å². The molecule has 1 heterocycles. The zero-order valence-electron chi connectivity index (χ0n) is 18.3. The summed E-state index contributed by atoms with van der Waals surface area (Å²) in [7, 11) is 0. The van der Waals surface area contributed by atoms with Crippen LogP contribution < -0.4 is 4.74 Å². The molecule has 1 fully saturated rings. The van der Waals surface area contributed by atoms with Gasteiger partial charge >= 0.3 is 5.97 Å². The highest BCUT2D eigenvalue weighted by atomic mass is 16.5. The monoisotopic (exact) mass is 399 g/mol. The lowest BCUT2D eigenvalue weighted by atomic mass is 9.72. The highest BCUT2D eigenvalue weighted by Gasteiger charge is 2.30. The van der Waals surface area contributed by atoms with E-state index in [-0.39, 0.29) is 6.42 Å². The summed E-state index contributed by atoms with van der Waals surface area (Å²) in [5.41, 5.74) is 3.07. The molecule has 1 aromatic carbocycles. The van der Waals surface area contributed by atoms with Crippen LogP contribution in [0.1, 0.15) is 71.3 Å². The second-order valence-electron chi connectivity index (χ2n) is 9.76. The Kier molecular flexibility index (Phi) is 7.39. The van der Waals surface area contributed by atoms with Crippen molar-refractivity contribution in [3.05, 3.63) is 35.9 Å². The molecule has 0 amide bonds. The van der Waals surface area contributed by atoms with Crippen molar-refractivity contribution in [1.29, 1.82) is 0 Å². The summed E-state index contributed by atoms with van der Waals surface area (Å²) in [6.07, 6.45) is 9.49. The van der Waals surface area contributed by atoms with Crippen LogP contribution in [0.5, 0.6) is 5.75 Å². The first-order valence-corrected chi connectivity index (χ1v) is 11.2. The molecule has 0 spiro atoms. The molecule has 0 atom stereocenters. The zero-order chi connectivity index (χ0) is 20.9. The van der Waals surface area contributed by atoms with Crippen molar-refractivity contribution < 1.29 is 14.6 Å². The molecule has 0 bridgehead atoms. The Morgan fingerprint density at radius 2 is 1.83 bits per heavy atom. The van der Waals surface area contributed by atoms with Gasteiger partial charge in [0.15, 0.2) is 0 Å². The van der Waals surface area contributed by atoms with E-state index >= 15 is 0 Å². The van der Waals surface area contributed by atoms with E-state index in [2.05, 4.69) is 56.0 Å². The second-order valence-corrected chi connectivity index (χ2v) is 9.76. The summed E-state index contributed by atoms with van der Waals surface area (Å²) < 4.78 is 6.26. The van der Waals surface area contributed by atoms with Crippen LogP contribution in [0.25, 0.3) is 5.57 Å². The molecule has 1 N–H and O–H groups in total. The van der Waals surface area contributed by atoms with Gasteiger partial charge in [0, 0.05) is 19.5 Å². The first-order valence-electron chi connectivity index (χ1n) is 11.2. The smallest absolute Gasteiger partial charge is 0.303 e. The second kappa shape index (κ2) is 9.80. The number of aliphatic carboxylic acids is 1. The summed E-state index contributed by atoms with van der Waals surface area (Å²) in [5.74, 6) is 1.09. The average molecular weight is 400 g/mol. The van der Waals surface area contributed by atoms with E-state index in [1.54, 1.807) is 0 Å². The third-order valence-electron chi connectivity index (χ3n) is 6.59. The fraction of sp³-hybridized carbons (Fsp3) is 0.640. The summed E-state index contributed by atoms with van der Waals surface area (Å²) in [6.45, 7) is 9.83. The van der Waals surface area contributed by atoms with Gasteiger partial charge in [0.1, 0.15) is 5.75 Å². The van der Waals surface area contributed by atoms with E-state index in [1.807, 2.05) is 0 Å². The summed E-state index contributed by atoms with van der Waals surface area (Å²) >= 11 is 0. The lowest BCUT2D eigenvalue weighted by Crippen LogP contribution is -2.30. The van der Waals surface area contributed by atoms with Crippen molar-refractivity contribution in [3.8, 4) is 5.75 Å². The van der Waals surface area contributed by atoms with E-state index in [1.165, 1.54) is 24.0 Å². The highest BCUT2D eigenvalue weighted by Crippen LogP contribution is 2.38. The number of hydrogen-bond donors (Lipinski definition) is 1. The Morgan fingerprint density at radius 3 is 2.38 bits per heavy atom. The van der Waals surface area contributed by atoms with Crippen LogP contribution in [0.4, 0.5) is 0 Å². The van der Waals surface area contributed by atoms with Crippen LogP contribution in [0, 0.1) is 11.3 Å². The maximum atomic E-state index is 10.6. The predicted octanol–water partition coefficient (Wildman–Crippen LogP) is 5.62. The van der Waals surface area contributed by atoms with Gasteiger partial charge in [0.2, 0.25) is 0 Å². The van der Waals surface area contributed by atoms with Crippen LogP contribution in [-0.4, -0.2) is 41.7 Å². The standard InChI is InChI=1S/C25H37NO3/c1-25(2,3)21-8-12-23(13-9-21)29-22-10-6-19(7-11-22)20-14-17-26(18-15-20)16-4-5-24(27)28/h6-7,10-11,14,21,23H,4-5,8-9,12-13,15-18H2,1-3H3,(H,27,28)/t21-,23-. The molecular formula is C25H37NO3. The number of ether oxygens (including phenoxy) is 1. The normalized spacial score (nSPS) is 23.5. The van der Waals surface area contributed by atoms with Crippen LogP contribution in [0.2, 0.25) is 0 Å². The highest BCUT2D eigenvalue weighted by molar-refractivity contribution is 5.67. The average Bonchev–Trinajstić information content (AvgIpc) is 2.69. The molecule has 29 heavy (non-hydrogen) atoms. The SMILES string of the molecule is CC(C)(C)[C@H]1CC[C@H](Oc2ccc(C3=CCN(CCCC(=O)O)CC3)cc2)CC1. The third kappa shape index (κ3) is 6.60. The predicted molar refractivity (Wildman–Crippen MR) is 118 cm³/mol. The number of benzene rings is 1. The van der Waals surface area contributed by atoms with Crippen LogP contribution >= 0.6 is 0 Å². The van der Waals surface area contributed by atoms with Gasteiger partial charge in [0.05, 0.1) is 6.10 Å². The Morgan fingerprint density at radius 1 is 1.14 bits per heavy atom. The number of rotatable bonds is 7. The number of hydrogen-bond acceptors (Lipinski definition) is 3. The van der Waals surface area contributed by atoms with Crippen molar-refractivity contribution >= 4 is 11.5 Å². The van der Waals surface area contributed by atoms with Gasteiger partial charge in [-0.25, -0.2) is 0 Å². The van der Waals surface area contributed by atoms with Gasteiger partial charge < -0.3 is 9.84 Å². The van der Waals surface area contributed by atoms with Gasteiger partial charge in [-0.2, -0.15) is 0 Å². The largest absolute Gasteiger partial charge is 0.490 e. The van der Waals surface area contributed by atoms with E-state index in [4.69, 9.17) is 9.84 Å². The third-order valence-corrected chi connectivity index (χ3v) is 6.59. The molecule has 0 aromatic heterocycles. The van der Waals surface area contributed by atoms with Crippen LogP contribution in [0.15, 0.2) is 30.3 Å². The molecule has 1 aliphatic carbocycles. The maximum absolute atomic E-state index is 10.6. The lowest BCUT2D eigenvalue weighted by molar-refractivity contribution is -0.137. The topological polar surface area (TPSA) is 49.8 Å². The van der Waals surface area contributed by atoms with E-state index in [0.717, 1.165) is 57.0 Å². The Hall–Kier alpha value is -1.81. The van der Waals surface area contributed by atoms with Gasteiger partial charge in [-0.15, -0.1) is 0 Å². The van der Waals surface area contributed by atoms with Gasteiger partial charge in [-0.3, -0.25) is 9.69 Å². The van der Waals surface area contributed by atoms with E-state index < -0.39 is 5.97 Å². The van der Waals surface area contributed by atoms with Gasteiger partial charge in [-0.1, -0.05) is 39.0 Å². The van der Waals surface area contributed by atoms with Crippen molar-refractivity contribution in [2.45, 2.75) is 71.8 Å². The minimum absolute atomic E-state index is 0.256. The Labute approximate surface area is 175 Å². The van der Waals surface area contributed by atoms with E-state index in [9.17, 15) is 4.79 Å². The first kappa shape index (κ1) is 21.9. The van der Waals surface area contributed by atoms with Crippen molar-refractivity contribution in [2.24, 2.45) is 11.3 Å². The number of nitrogens with zero attached hydrogens (tertiary/aromatic N) is 1. The lowest BCUT2D eigenvalue weighted by Gasteiger charge is -2.37. The molecule has 2 aliphatic rings. The fourth-order valence-corrected chi connectivity index (χ4v) is 4.62. The Bertz CT molecular complexity index is 694. The van der Waals surface area contributed by atoms with Crippen LogP contribution in [-0.2, 0) is 4.79 Å². The van der Waals surface area contributed by atoms with Crippen LogP contribution in [0.3, 0.4) is 0 Å². The number of carboxylic acids is 1. The molecule has 0 unspecified atom stereocenters. The van der Waals surface area contributed by atoms with E-state index in [0.29, 0.717) is 11.5 Å².